The number of hydrogen-bond acceptors (Lipinski definition) is 5. The molecule has 7 heteroatoms. The number of amides is 1. The zero-order valence-corrected chi connectivity index (χ0v) is 9.13. The van der Waals surface area contributed by atoms with Crippen molar-refractivity contribution in [1.29, 1.82) is 0 Å². The van der Waals surface area contributed by atoms with E-state index in [9.17, 15) is 13.2 Å². The summed E-state index contributed by atoms with van der Waals surface area (Å²) in [7, 11) is -2.24. The Morgan fingerprint density at radius 1 is 1.57 bits per heavy atom. The van der Waals surface area contributed by atoms with Crippen molar-refractivity contribution in [2.75, 3.05) is 12.8 Å². The number of sulfone groups is 1. The maximum Gasteiger partial charge on any atom is 0.229 e. The van der Waals surface area contributed by atoms with Crippen LogP contribution in [0.5, 0.6) is 0 Å². The van der Waals surface area contributed by atoms with Gasteiger partial charge in [-0.25, -0.2) is 8.42 Å². The molecule has 0 fully saturated rings. The van der Waals surface area contributed by atoms with Crippen molar-refractivity contribution < 1.29 is 18.4 Å². The summed E-state index contributed by atoms with van der Waals surface area (Å²) in [4.78, 5) is 11.1. The van der Waals surface area contributed by atoms with Crippen molar-refractivity contribution >= 4 is 20.8 Å². The average Bonchev–Trinajstić information content (AvgIpc) is 2.17. The van der Waals surface area contributed by atoms with Crippen LogP contribution in [0.25, 0.3) is 0 Å². The van der Waals surface area contributed by atoms with Crippen LogP contribution in [0.2, 0.25) is 0 Å². The van der Waals surface area contributed by atoms with Gasteiger partial charge in [-0.3, -0.25) is 4.79 Å². The van der Waals surface area contributed by atoms with Crippen LogP contribution in [0, 0.1) is 5.92 Å². The SMILES string of the molecule is CCS(=O)(=O)C(=NO)C(C)C(=O)NC. The lowest BCUT2D eigenvalue weighted by atomic mass is 10.2. The molecule has 0 aliphatic carbocycles. The van der Waals surface area contributed by atoms with E-state index >= 15 is 0 Å². The molecule has 0 bridgehead atoms. The largest absolute Gasteiger partial charge is 0.410 e. The van der Waals surface area contributed by atoms with Crippen LogP contribution in [0.4, 0.5) is 0 Å². The summed E-state index contributed by atoms with van der Waals surface area (Å²) in [6.45, 7) is 2.78. The van der Waals surface area contributed by atoms with E-state index in [4.69, 9.17) is 5.21 Å². The summed E-state index contributed by atoms with van der Waals surface area (Å²) in [5.74, 6) is -1.68. The molecule has 1 unspecified atom stereocenters. The molecule has 0 heterocycles. The van der Waals surface area contributed by atoms with Gasteiger partial charge in [0.15, 0.2) is 14.9 Å². The van der Waals surface area contributed by atoms with Gasteiger partial charge in [-0.2, -0.15) is 0 Å². The second-order valence-corrected chi connectivity index (χ2v) is 4.90. The molecule has 0 saturated carbocycles. The topological polar surface area (TPSA) is 95.8 Å². The average molecular weight is 222 g/mol. The molecular formula is C7H14N2O4S. The lowest BCUT2D eigenvalue weighted by Crippen LogP contribution is -2.35. The Morgan fingerprint density at radius 2 is 2.07 bits per heavy atom. The first-order valence-electron chi connectivity index (χ1n) is 4.07. The van der Waals surface area contributed by atoms with Crippen molar-refractivity contribution in [2.45, 2.75) is 13.8 Å². The highest BCUT2D eigenvalue weighted by Crippen LogP contribution is 2.07. The maximum absolute atomic E-state index is 11.3. The van der Waals surface area contributed by atoms with E-state index < -0.39 is 26.7 Å². The molecular weight excluding hydrogens is 208 g/mol. The fourth-order valence-electron chi connectivity index (χ4n) is 0.895. The van der Waals surface area contributed by atoms with Crippen LogP contribution >= 0.6 is 0 Å². The van der Waals surface area contributed by atoms with Gasteiger partial charge >= 0.3 is 0 Å². The molecule has 0 aromatic heterocycles. The Morgan fingerprint density at radius 3 is 2.36 bits per heavy atom. The molecule has 0 saturated heterocycles. The third-order valence-corrected chi connectivity index (χ3v) is 3.64. The number of oxime groups is 1. The highest BCUT2D eigenvalue weighted by molar-refractivity contribution is 8.06. The molecule has 0 aromatic rings. The molecule has 0 radical (unpaired) electrons. The van der Waals surface area contributed by atoms with Crippen LogP contribution in [-0.4, -0.2) is 37.4 Å². The molecule has 1 atom stereocenters. The van der Waals surface area contributed by atoms with Gasteiger partial charge in [-0.15, -0.1) is 0 Å². The minimum atomic E-state index is -3.63. The van der Waals surface area contributed by atoms with Crippen molar-refractivity contribution in [3.05, 3.63) is 0 Å². The lowest BCUT2D eigenvalue weighted by molar-refractivity contribution is -0.122. The Labute approximate surface area is 82.9 Å². The van der Waals surface area contributed by atoms with E-state index in [1.807, 2.05) is 0 Å². The highest BCUT2D eigenvalue weighted by atomic mass is 32.2. The highest BCUT2D eigenvalue weighted by Gasteiger charge is 2.29. The number of hydrogen-bond donors (Lipinski definition) is 2. The van der Waals surface area contributed by atoms with Gasteiger partial charge in [0.2, 0.25) is 5.91 Å². The van der Waals surface area contributed by atoms with Gasteiger partial charge in [-0.1, -0.05) is 12.1 Å². The zero-order valence-electron chi connectivity index (χ0n) is 8.31. The summed E-state index contributed by atoms with van der Waals surface area (Å²) in [6.07, 6.45) is 0. The third-order valence-electron chi connectivity index (χ3n) is 1.81. The monoisotopic (exact) mass is 222 g/mol. The van der Waals surface area contributed by atoms with E-state index in [2.05, 4.69) is 10.5 Å². The van der Waals surface area contributed by atoms with Crippen LogP contribution in [0.15, 0.2) is 5.16 Å². The van der Waals surface area contributed by atoms with Gasteiger partial charge in [0.1, 0.15) is 0 Å². The van der Waals surface area contributed by atoms with Crippen LogP contribution in [0.1, 0.15) is 13.8 Å². The number of rotatable bonds is 3. The van der Waals surface area contributed by atoms with E-state index in [0.29, 0.717) is 0 Å². The zero-order chi connectivity index (χ0) is 11.4. The Bertz CT molecular complexity index is 334. The van der Waals surface area contributed by atoms with Crippen molar-refractivity contribution in [1.82, 2.24) is 5.32 Å². The standard InChI is InChI=1S/C7H14N2O4S/c1-4-14(12,13)7(9-11)5(2)6(10)8-3/h5,11H,4H2,1-3H3,(H,8,10). The second kappa shape index (κ2) is 4.94. The molecule has 0 aliphatic heterocycles. The molecule has 0 spiro atoms. The van der Waals surface area contributed by atoms with Gasteiger partial charge in [-0.05, 0) is 6.92 Å². The minimum absolute atomic E-state index is 0.201. The van der Waals surface area contributed by atoms with E-state index in [1.54, 1.807) is 0 Å². The molecule has 14 heavy (non-hydrogen) atoms. The van der Waals surface area contributed by atoms with E-state index in [-0.39, 0.29) is 5.75 Å². The first kappa shape index (κ1) is 12.9. The van der Waals surface area contributed by atoms with Crippen molar-refractivity contribution in [2.24, 2.45) is 11.1 Å². The predicted molar refractivity (Wildman–Crippen MR) is 51.9 cm³/mol. The molecule has 1 amide bonds. The summed E-state index contributed by atoms with van der Waals surface area (Å²) in [5, 5.41) is 13.0. The van der Waals surface area contributed by atoms with E-state index in [0.717, 1.165) is 0 Å². The van der Waals surface area contributed by atoms with Gasteiger partial charge in [0, 0.05) is 7.05 Å². The van der Waals surface area contributed by atoms with Crippen LogP contribution in [0.3, 0.4) is 0 Å². The van der Waals surface area contributed by atoms with E-state index in [1.165, 1.54) is 20.9 Å². The molecule has 0 aliphatic rings. The summed E-state index contributed by atoms with van der Waals surface area (Å²) >= 11 is 0. The van der Waals surface area contributed by atoms with Crippen molar-refractivity contribution in [3.63, 3.8) is 0 Å². The lowest BCUT2D eigenvalue weighted by Gasteiger charge is -2.10. The van der Waals surface area contributed by atoms with Gasteiger partial charge in [0.05, 0.1) is 11.7 Å². The molecule has 0 aromatic carbocycles. The Balaban J connectivity index is 5.05. The summed E-state index contributed by atoms with van der Waals surface area (Å²) in [6, 6.07) is 0. The normalized spacial score (nSPS) is 14.9. The number of nitrogens with zero attached hydrogens (tertiary/aromatic N) is 1. The maximum atomic E-state index is 11.3. The molecule has 2 N–H and O–H groups in total. The predicted octanol–water partition coefficient (Wildman–Crippen LogP) is -0.409. The van der Waals surface area contributed by atoms with Gasteiger partial charge < -0.3 is 10.5 Å². The fourth-order valence-corrected chi connectivity index (χ4v) is 1.96. The van der Waals surface area contributed by atoms with Crippen LogP contribution < -0.4 is 5.32 Å². The number of carbonyl (C=O) groups excluding carboxylic acids is 1. The smallest absolute Gasteiger partial charge is 0.229 e. The molecule has 82 valence electrons. The Hall–Kier alpha value is -1.11. The minimum Gasteiger partial charge on any atom is -0.410 e. The van der Waals surface area contributed by atoms with Gasteiger partial charge in [0.25, 0.3) is 0 Å². The number of nitrogens with one attached hydrogen (secondary N) is 1. The number of carbonyl (C=O) groups is 1. The summed E-state index contributed by atoms with van der Waals surface area (Å²) in [5.41, 5.74) is 0. The Kier molecular flexibility index (Phi) is 4.55. The van der Waals surface area contributed by atoms with Crippen LogP contribution in [-0.2, 0) is 14.6 Å². The third kappa shape index (κ3) is 2.69. The first-order valence-corrected chi connectivity index (χ1v) is 5.72. The quantitative estimate of drug-likeness (QED) is 0.294. The second-order valence-electron chi connectivity index (χ2n) is 2.68. The summed E-state index contributed by atoms with van der Waals surface area (Å²) < 4.78 is 22.6. The van der Waals surface area contributed by atoms with Crippen molar-refractivity contribution in [3.8, 4) is 0 Å². The first-order chi connectivity index (χ1) is 6.40. The molecule has 0 rings (SSSR count). The molecule has 6 nitrogen and oxygen atoms in total. The fraction of sp³-hybridized carbons (Fsp3) is 0.714.